The molecule has 118 valence electrons. The molecule has 0 spiro atoms. The molecule has 0 aliphatic heterocycles. The Hall–Kier alpha value is -1.93. The number of hydrogen-bond donors (Lipinski definition) is 1. The average molecular weight is 401 g/mol. The Labute approximate surface area is 141 Å². The van der Waals surface area contributed by atoms with E-state index in [0.717, 1.165) is 28.1 Å². The van der Waals surface area contributed by atoms with Crippen molar-refractivity contribution < 1.29 is 18.0 Å². The first-order chi connectivity index (χ1) is 10.8. The molecule has 0 radical (unpaired) electrons. The summed E-state index contributed by atoms with van der Waals surface area (Å²) in [6.45, 7) is 0. The van der Waals surface area contributed by atoms with E-state index >= 15 is 0 Å². The third-order valence-corrected chi connectivity index (χ3v) is 4.49. The lowest BCUT2D eigenvalue weighted by atomic mass is 10.1. The number of hydrogen-bond acceptors (Lipinski definition) is 3. The first-order valence-electron chi connectivity index (χ1n) is 6.38. The number of nitrogens with one attached hydrogen (secondary N) is 1. The molecule has 0 atom stereocenters. The summed E-state index contributed by atoms with van der Waals surface area (Å²) in [5.74, 6) is -0.300. The van der Waals surface area contributed by atoms with E-state index < -0.39 is 17.6 Å². The van der Waals surface area contributed by atoms with E-state index in [1.165, 1.54) is 6.07 Å². The molecule has 1 heterocycles. The summed E-state index contributed by atoms with van der Waals surface area (Å²) < 4.78 is 43.9. The average Bonchev–Trinajstić information content (AvgIpc) is 2.89. The Morgan fingerprint density at radius 3 is 2.48 bits per heavy atom. The van der Waals surface area contributed by atoms with Gasteiger partial charge in [-0.1, -0.05) is 15.9 Å². The molecular formula is C15H8BrF3N2OS. The molecule has 3 nitrogen and oxygen atoms in total. The van der Waals surface area contributed by atoms with E-state index in [9.17, 15) is 18.0 Å². The highest BCUT2D eigenvalue weighted by molar-refractivity contribution is 9.10. The van der Waals surface area contributed by atoms with Gasteiger partial charge in [0.15, 0.2) is 5.82 Å². The lowest BCUT2D eigenvalue weighted by Gasteiger charge is -2.07. The topological polar surface area (TPSA) is 42.0 Å². The largest absolute Gasteiger partial charge is 0.416 e. The van der Waals surface area contributed by atoms with Crippen LogP contribution in [0.2, 0.25) is 0 Å². The van der Waals surface area contributed by atoms with Gasteiger partial charge in [-0.15, -0.1) is 0 Å². The van der Waals surface area contributed by atoms with Crippen molar-refractivity contribution in [2.75, 3.05) is 5.32 Å². The number of rotatable bonds is 2. The van der Waals surface area contributed by atoms with Crippen molar-refractivity contribution in [3.63, 3.8) is 0 Å². The molecule has 23 heavy (non-hydrogen) atoms. The van der Waals surface area contributed by atoms with Gasteiger partial charge in [0, 0.05) is 15.4 Å². The number of benzene rings is 2. The normalized spacial score (nSPS) is 11.7. The molecule has 1 N–H and O–H groups in total. The van der Waals surface area contributed by atoms with Gasteiger partial charge in [-0.25, -0.2) is 0 Å². The molecule has 0 aliphatic rings. The van der Waals surface area contributed by atoms with E-state index in [1.807, 2.05) is 0 Å². The zero-order valence-electron chi connectivity index (χ0n) is 11.3. The number of amides is 1. The van der Waals surface area contributed by atoms with Crippen LogP contribution >= 0.6 is 27.5 Å². The molecule has 0 saturated carbocycles. The van der Waals surface area contributed by atoms with Crippen molar-refractivity contribution in [2.45, 2.75) is 6.18 Å². The minimum atomic E-state index is -4.44. The monoisotopic (exact) mass is 400 g/mol. The maximum Gasteiger partial charge on any atom is 0.416 e. The molecule has 0 aliphatic carbocycles. The first-order valence-corrected chi connectivity index (χ1v) is 7.95. The number of carbonyl (C=O) groups is 1. The van der Waals surface area contributed by atoms with Crippen molar-refractivity contribution >= 4 is 49.3 Å². The Kier molecular flexibility index (Phi) is 4.11. The molecule has 0 unspecified atom stereocenters. The van der Waals surface area contributed by atoms with Crippen molar-refractivity contribution in [1.82, 2.24) is 4.37 Å². The number of anilines is 1. The molecular weight excluding hydrogens is 393 g/mol. The molecule has 3 aromatic rings. The van der Waals surface area contributed by atoms with Gasteiger partial charge in [0.05, 0.1) is 10.3 Å². The maximum atomic E-state index is 12.8. The summed E-state index contributed by atoms with van der Waals surface area (Å²) >= 11 is 4.30. The van der Waals surface area contributed by atoms with Crippen molar-refractivity contribution in [1.29, 1.82) is 0 Å². The summed E-state index contributed by atoms with van der Waals surface area (Å²) in [6, 6.07) is 9.97. The van der Waals surface area contributed by atoms with Crippen LogP contribution in [0.15, 0.2) is 46.9 Å². The van der Waals surface area contributed by atoms with Gasteiger partial charge in [-0.05, 0) is 54.0 Å². The summed E-state index contributed by atoms with van der Waals surface area (Å²) in [6.07, 6.45) is -4.44. The van der Waals surface area contributed by atoms with Crippen LogP contribution < -0.4 is 5.32 Å². The zero-order valence-corrected chi connectivity index (χ0v) is 13.7. The number of halogens is 4. The highest BCUT2D eigenvalue weighted by Gasteiger charge is 2.31. The molecule has 2 aromatic carbocycles. The SMILES string of the molecule is O=C(Nc1nsc2ccc(C(F)(F)F)cc12)c1ccc(Br)cc1. The second kappa shape index (κ2) is 5.93. The zero-order chi connectivity index (χ0) is 16.6. The third kappa shape index (κ3) is 3.37. The van der Waals surface area contributed by atoms with E-state index in [2.05, 4.69) is 25.6 Å². The standard InChI is InChI=1S/C15H8BrF3N2OS/c16-10-4-1-8(2-5-10)14(22)20-13-11-7-9(15(17,18)19)3-6-12(11)23-21-13/h1-7H,(H,20,21,22). The number of aromatic nitrogens is 1. The van der Waals surface area contributed by atoms with E-state index in [4.69, 9.17) is 0 Å². The van der Waals surface area contributed by atoms with Gasteiger partial charge in [0.1, 0.15) is 0 Å². The number of fused-ring (bicyclic) bond motifs is 1. The molecule has 0 saturated heterocycles. The minimum Gasteiger partial charge on any atom is -0.305 e. The second-order valence-corrected chi connectivity index (χ2v) is 6.42. The van der Waals surface area contributed by atoms with Crippen LogP contribution in [0.4, 0.5) is 19.0 Å². The van der Waals surface area contributed by atoms with Crippen molar-refractivity contribution in [3.8, 4) is 0 Å². The summed E-state index contributed by atoms with van der Waals surface area (Å²) in [5, 5.41) is 2.83. The van der Waals surface area contributed by atoms with Crippen LogP contribution in [-0.2, 0) is 6.18 Å². The Bertz CT molecular complexity index is 875. The van der Waals surface area contributed by atoms with Crippen LogP contribution in [-0.4, -0.2) is 10.3 Å². The molecule has 1 aromatic heterocycles. The smallest absolute Gasteiger partial charge is 0.305 e. The van der Waals surface area contributed by atoms with Gasteiger partial charge < -0.3 is 5.32 Å². The van der Waals surface area contributed by atoms with Crippen LogP contribution in [0.1, 0.15) is 15.9 Å². The van der Waals surface area contributed by atoms with Gasteiger partial charge >= 0.3 is 6.18 Å². The second-order valence-electron chi connectivity index (χ2n) is 4.70. The first kappa shape index (κ1) is 15.9. The van der Waals surface area contributed by atoms with Gasteiger partial charge in [-0.2, -0.15) is 17.5 Å². The molecule has 0 fully saturated rings. The number of nitrogens with zero attached hydrogens (tertiary/aromatic N) is 1. The highest BCUT2D eigenvalue weighted by atomic mass is 79.9. The van der Waals surface area contributed by atoms with Gasteiger partial charge in [-0.3, -0.25) is 4.79 Å². The fourth-order valence-corrected chi connectivity index (χ4v) is 2.97. The van der Waals surface area contributed by atoms with E-state index in [-0.39, 0.29) is 11.2 Å². The van der Waals surface area contributed by atoms with Crippen LogP contribution in [0.3, 0.4) is 0 Å². The molecule has 3 rings (SSSR count). The molecule has 1 amide bonds. The lowest BCUT2D eigenvalue weighted by molar-refractivity contribution is -0.137. The van der Waals surface area contributed by atoms with Gasteiger partial charge in [0.25, 0.3) is 5.91 Å². The summed E-state index contributed by atoms with van der Waals surface area (Å²) in [4.78, 5) is 12.2. The van der Waals surface area contributed by atoms with E-state index in [1.54, 1.807) is 24.3 Å². The fourth-order valence-electron chi connectivity index (χ4n) is 1.99. The fraction of sp³-hybridized carbons (Fsp3) is 0.0667. The predicted molar refractivity (Wildman–Crippen MR) is 86.7 cm³/mol. The summed E-state index contributed by atoms with van der Waals surface area (Å²) in [7, 11) is 0. The number of alkyl halides is 3. The Morgan fingerprint density at radius 1 is 1.13 bits per heavy atom. The molecule has 8 heteroatoms. The van der Waals surface area contributed by atoms with E-state index in [0.29, 0.717) is 10.3 Å². The minimum absolute atomic E-state index is 0.129. The van der Waals surface area contributed by atoms with Crippen LogP contribution in [0.5, 0.6) is 0 Å². The quantitative estimate of drug-likeness (QED) is 0.631. The highest BCUT2D eigenvalue weighted by Crippen LogP contribution is 2.35. The van der Waals surface area contributed by atoms with Crippen molar-refractivity contribution in [3.05, 3.63) is 58.1 Å². The maximum absolute atomic E-state index is 12.8. The third-order valence-electron chi connectivity index (χ3n) is 3.14. The lowest BCUT2D eigenvalue weighted by Crippen LogP contribution is -2.12. The molecule has 0 bridgehead atoms. The summed E-state index contributed by atoms with van der Waals surface area (Å²) in [5.41, 5.74) is -0.384. The predicted octanol–water partition coefficient (Wildman–Crippen LogP) is 5.33. The number of carbonyl (C=O) groups excluding carboxylic acids is 1. The Morgan fingerprint density at radius 2 is 1.83 bits per heavy atom. The van der Waals surface area contributed by atoms with Crippen molar-refractivity contribution in [2.24, 2.45) is 0 Å². The van der Waals surface area contributed by atoms with Crippen LogP contribution in [0, 0.1) is 0 Å². The van der Waals surface area contributed by atoms with Gasteiger partial charge in [0.2, 0.25) is 0 Å². The van der Waals surface area contributed by atoms with Crippen LogP contribution in [0.25, 0.3) is 10.1 Å². The Balaban J connectivity index is 1.93.